The molecule has 0 saturated carbocycles. The predicted octanol–water partition coefficient (Wildman–Crippen LogP) is 3.62. The van der Waals surface area contributed by atoms with Crippen LogP contribution in [0.3, 0.4) is 0 Å². The first-order chi connectivity index (χ1) is 11.8. The van der Waals surface area contributed by atoms with E-state index in [2.05, 4.69) is 23.1 Å². The number of hydrogen-bond acceptors (Lipinski definition) is 3. The number of aryl methyl sites for hydroxylation is 1. The largest absolute Gasteiger partial charge is 0.489 e. The normalized spacial score (nSPS) is 22.1. The highest BCUT2D eigenvalue weighted by molar-refractivity contribution is 5.66. The fourth-order valence-electron chi connectivity index (χ4n) is 4.15. The molecule has 1 amide bonds. The maximum atomic E-state index is 11.7. The Hall–Kier alpha value is -1.75. The molecule has 1 atom stereocenters. The highest BCUT2D eigenvalue weighted by Gasteiger charge is 2.35. The van der Waals surface area contributed by atoms with Crippen LogP contribution in [0.1, 0.15) is 45.6 Å². The van der Waals surface area contributed by atoms with Gasteiger partial charge in [0.1, 0.15) is 11.9 Å². The summed E-state index contributed by atoms with van der Waals surface area (Å²) in [6.45, 7) is 8.73. The van der Waals surface area contributed by atoms with Crippen molar-refractivity contribution in [1.29, 1.82) is 0 Å². The predicted molar refractivity (Wildman–Crippen MR) is 98.3 cm³/mol. The number of ether oxygens (including phenoxy) is 1. The van der Waals surface area contributed by atoms with Gasteiger partial charge in [0.25, 0.3) is 0 Å². The first-order valence-electron chi connectivity index (χ1n) is 9.34. The Kier molecular flexibility index (Phi) is 5.23. The molecule has 0 bridgehead atoms. The van der Waals surface area contributed by atoms with Crippen LogP contribution >= 0.6 is 0 Å². The average Bonchev–Trinajstić information content (AvgIpc) is 2.55. The van der Waals surface area contributed by atoms with E-state index >= 15 is 0 Å². The Morgan fingerprint density at radius 2 is 1.92 bits per heavy atom. The van der Waals surface area contributed by atoms with E-state index < -0.39 is 6.09 Å². The second kappa shape index (κ2) is 7.24. The number of piperidine rings is 1. The molecule has 3 rings (SSSR count). The van der Waals surface area contributed by atoms with Crippen molar-refractivity contribution in [2.45, 2.75) is 64.1 Å². The summed E-state index contributed by atoms with van der Waals surface area (Å²) >= 11 is 0. The van der Waals surface area contributed by atoms with Gasteiger partial charge >= 0.3 is 6.09 Å². The molecule has 2 heterocycles. The summed E-state index contributed by atoms with van der Waals surface area (Å²) in [7, 11) is 0. The minimum Gasteiger partial charge on any atom is -0.489 e. The van der Waals surface area contributed by atoms with Gasteiger partial charge in [0.2, 0.25) is 0 Å². The van der Waals surface area contributed by atoms with E-state index in [0.717, 1.165) is 51.1 Å². The number of carboxylic acid groups (broad SMARTS) is 1. The number of fused-ring (bicyclic) bond motifs is 1. The monoisotopic (exact) mass is 346 g/mol. The summed E-state index contributed by atoms with van der Waals surface area (Å²) < 4.78 is 6.16. The number of benzene rings is 1. The van der Waals surface area contributed by atoms with Crippen LogP contribution in [-0.4, -0.2) is 58.3 Å². The highest BCUT2D eigenvalue weighted by Crippen LogP contribution is 2.29. The van der Waals surface area contributed by atoms with E-state index in [9.17, 15) is 9.90 Å². The molecule has 1 N–H and O–H groups in total. The Morgan fingerprint density at radius 3 is 2.56 bits per heavy atom. The molecule has 1 saturated heterocycles. The number of likely N-dealkylation sites (tertiary alicyclic amines) is 1. The number of nitrogens with zero attached hydrogens (tertiary/aromatic N) is 2. The Balaban J connectivity index is 1.52. The van der Waals surface area contributed by atoms with E-state index in [1.54, 1.807) is 4.90 Å². The Labute approximate surface area is 150 Å². The molecule has 5 heteroatoms. The fraction of sp³-hybridized carbons (Fsp3) is 0.650. The van der Waals surface area contributed by atoms with Crippen molar-refractivity contribution in [2.75, 3.05) is 19.6 Å². The molecule has 138 valence electrons. The van der Waals surface area contributed by atoms with Crippen molar-refractivity contribution in [3.63, 3.8) is 0 Å². The second-order valence-corrected chi connectivity index (χ2v) is 8.24. The number of amides is 1. The summed E-state index contributed by atoms with van der Waals surface area (Å²) in [5.41, 5.74) is 0.953. The van der Waals surface area contributed by atoms with Gasteiger partial charge in [0.15, 0.2) is 0 Å². The molecule has 1 fully saturated rings. The van der Waals surface area contributed by atoms with Gasteiger partial charge in [-0.25, -0.2) is 4.79 Å². The zero-order valence-electron chi connectivity index (χ0n) is 15.6. The molecule has 2 aliphatic rings. The lowest BCUT2D eigenvalue weighted by Crippen LogP contribution is -2.55. The van der Waals surface area contributed by atoms with Gasteiger partial charge in [-0.15, -0.1) is 0 Å². The lowest BCUT2D eigenvalue weighted by atomic mass is 9.96. The average molecular weight is 346 g/mol. The molecule has 0 radical (unpaired) electrons. The smallest absolute Gasteiger partial charge is 0.407 e. The summed E-state index contributed by atoms with van der Waals surface area (Å²) in [4.78, 5) is 15.7. The van der Waals surface area contributed by atoms with Crippen molar-refractivity contribution in [3.8, 4) is 5.75 Å². The van der Waals surface area contributed by atoms with Gasteiger partial charge in [-0.1, -0.05) is 18.2 Å². The van der Waals surface area contributed by atoms with Crippen LogP contribution in [0.5, 0.6) is 5.75 Å². The zero-order chi connectivity index (χ0) is 18.0. The molecule has 25 heavy (non-hydrogen) atoms. The maximum absolute atomic E-state index is 11.7. The third-order valence-corrected chi connectivity index (χ3v) is 5.31. The number of hydrogen-bond donors (Lipinski definition) is 1. The SMILES string of the molecule is CC(C)(C)N(C(=O)O)C1CCN(CC2CCc3ccccc3O2)CC1. The quantitative estimate of drug-likeness (QED) is 0.908. The van der Waals surface area contributed by atoms with E-state index in [4.69, 9.17) is 4.74 Å². The summed E-state index contributed by atoms with van der Waals surface area (Å²) in [5, 5.41) is 9.57. The van der Waals surface area contributed by atoms with Crippen molar-refractivity contribution in [3.05, 3.63) is 29.8 Å². The molecular formula is C20H30N2O3. The van der Waals surface area contributed by atoms with Gasteiger partial charge in [-0.05, 0) is 58.1 Å². The van der Waals surface area contributed by atoms with Crippen LogP contribution in [0.2, 0.25) is 0 Å². The summed E-state index contributed by atoms with van der Waals surface area (Å²) in [6, 6.07) is 8.41. The van der Waals surface area contributed by atoms with Crippen molar-refractivity contribution in [1.82, 2.24) is 9.80 Å². The molecule has 0 aromatic heterocycles. The highest BCUT2D eigenvalue weighted by atomic mass is 16.5. The zero-order valence-corrected chi connectivity index (χ0v) is 15.6. The van der Waals surface area contributed by atoms with Gasteiger partial charge in [0.05, 0.1) is 0 Å². The molecule has 5 nitrogen and oxygen atoms in total. The first kappa shape index (κ1) is 18.1. The van der Waals surface area contributed by atoms with E-state index in [0.29, 0.717) is 0 Å². The number of rotatable bonds is 3. The summed E-state index contributed by atoms with van der Waals surface area (Å²) in [6.07, 6.45) is 3.36. The third-order valence-electron chi connectivity index (χ3n) is 5.31. The van der Waals surface area contributed by atoms with E-state index in [1.165, 1.54) is 5.56 Å². The molecule has 0 aliphatic carbocycles. The standard InChI is InChI=1S/C20H30N2O3/c1-20(2,3)22(19(23)24)16-10-12-21(13-11-16)14-17-9-8-15-6-4-5-7-18(15)25-17/h4-7,16-17H,8-14H2,1-3H3,(H,23,24). The molecule has 1 aromatic rings. The van der Waals surface area contributed by atoms with Gasteiger partial charge in [0, 0.05) is 31.2 Å². The van der Waals surface area contributed by atoms with Crippen LogP contribution in [0.25, 0.3) is 0 Å². The van der Waals surface area contributed by atoms with E-state index in [1.807, 2.05) is 26.8 Å². The molecule has 0 spiro atoms. The van der Waals surface area contributed by atoms with E-state index in [-0.39, 0.29) is 17.7 Å². The van der Waals surface area contributed by atoms with Crippen LogP contribution in [-0.2, 0) is 6.42 Å². The minimum absolute atomic E-state index is 0.113. The third kappa shape index (κ3) is 4.27. The van der Waals surface area contributed by atoms with Gasteiger partial charge in [-0.2, -0.15) is 0 Å². The Bertz CT molecular complexity index is 603. The number of para-hydroxylation sites is 1. The van der Waals surface area contributed by atoms with Crippen LogP contribution in [0.15, 0.2) is 24.3 Å². The minimum atomic E-state index is -0.807. The Morgan fingerprint density at radius 1 is 1.24 bits per heavy atom. The molecule has 1 aromatic carbocycles. The van der Waals surface area contributed by atoms with Gasteiger partial charge in [-0.3, -0.25) is 4.90 Å². The van der Waals surface area contributed by atoms with Crippen molar-refractivity contribution in [2.24, 2.45) is 0 Å². The molecular weight excluding hydrogens is 316 g/mol. The lowest BCUT2D eigenvalue weighted by molar-refractivity contribution is 0.0317. The van der Waals surface area contributed by atoms with Crippen LogP contribution < -0.4 is 4.74 Å². The topological polar surface area (TPSA) is 53.0 Å². The van der Waals surface area contributed by atoms with Crippen LogP contribution in [0.4, 0.5) is 4.79 Å². The van der Waals surface area contributed by atoms with Gasteiger partial charge < -0.3 is 14.7 Å². The molecule has 2 aliphatic heterocycles. The lowest BCUT2D eigenvalue weighted by Gasteiger charge is -2.44. The first-order valence-corrected chi connectivity index (χ1v) is 9.34. The van der Waals surface area contributed by atoms with Crippen LogP contribution in [0, 0.1) is 0 Å². The molecule has 1 unspecified atom stereocenters. The fourth-order valence-corrected chi connectivity index (χ4v) is 4.15. The summed E-state index contributed by atoms with van der Waals surface area (Å²) in [5.74, 6) is 1.03. The number of carbonyl (C=O) groups is 1. The van der Waals surface area contributed by atoms with Crippen molar-refractivity contribution < 1.29 is 14.6 Å². The maximum Gasteiger partial charge on any atom is 0.407 e. The second-order valence-electron chi connectivity index (χ2n) is 8.24. The van der Waals surface area contributed by atoms with Crippen molar-refractivity contribution >= 4 is 6.09 Å².